The van der Waals surface area contributed by atoms with E-state index in [0.29, 0.717) is 38.2 Å². The lowest BCUT2D eigenvalue weighted by molar-refractivity contribution is 0.0374. The summed E-state index contributed by atoms with van der Waals surface area (Å²) in [5.74, 6) is -1.64. The Balaban J connectivity index is 1.61. The first-order valence-corrected chi connectivity index (χ1v) is 14.5. The zero-order chi connectivity index (χ0) is 28.0. The van der Waals surface area contributed by atoms with E-state index in [0.717, 1.165) is 31.5 Å². The summed E-state index contributed by atoms with van der Waals surface area (Å²) in [7, 11) is -3.52. The number of halogens is 1. The average molecular weight is 562 g/mol. The van der Waals surface area contributed by atoms with Gasteiger partial charge in [0.05, 0.1) is 25.0 Å². The summed E-state index contributed by atoms with van der Waals surface area (Å²) in [6.45, 7) is 3.83. The van der Waals surface area contributed by atoms with Crippen LogP contribution < -0.4 is 15.6 Å². The monoisotopic (exact) mass is 561 g/mol. The van der Waals surface area contributed by atoms with E-state index >= 15 is 0 Å². The smallest absolute Gasteiger partial charge is 0.267 e. The highest BCUT2D eigenvalue weighted by Gasteiger charge is 2.23. The number of amides is 1. The second kappa shape index (κ2) is 12.6. The summed E-state index contributed by atoms with van der Waals surface area (Å²) >= 11 is 0. The predicted octanol–water partition coefficient (Wildman–Crippen LogP) is 0.833. The number of hydrogen-bond acceptors (Lipinski definition) is 8. The van der Waals surface area contributed by atoms with E-state index in [1.165, 1.54) is 22.9 Å². The summed E-state index contributed by atoms with van der Waals surface area (Å²) in [5.41, 5.74) is 0.556. The molecule has 1 aromatic carbocycles. The molecule has 1 aliphatic rings. The lowest BCUT2D eigenvalue weighted by atomic mass is 10.1. The SMILES string of the molecule is CS(=O)(=O)NCCn1c(=O)c(C(=O)NCCCN2CCOCC2)c(O)c2ncc(Cc3ccc(F)cc3)cc21. The number of carbonyl (C=O) groups is 1. The van der Waals surface area contributed by atoms with E-state index in [4.69, 9.17) is 4.74 Å². The second-order valence-electron chi connectivity index (χ2n) is 9.42. The Hall–Kier alpha value is -3.39. The Bertz CT molecular complexity index is 1490. The van der Waals surface area contributed by atoms with Crippen LogP contribution in [-0.4, -0.2) is 86.1 Å². The van der Waals surface area contributed by atoms with E-state index in [-0.39, 0.29) is 29.9 Å². The van der Waals surface area contributed by atoms with E-state index < -0.39 is 32.8 Å². The van der Waals surface area contributed by atoms with Gasteiger partial charge in [0.2, 0.25) is 10.0 Å². The number of aromatic hydroxyl groups is 1. The van der Waals surface area contributed by atoms with Crippen LogP contribution in [0.3, 0.4) is 0 Å². The fraction of sp³-hybridized carbons (Fsp3) is 0.423. The topological polar surface area (TPSA) is 143 Å². The normalized spacial score (nSPS) is 14.5. The highest BCUT2D eigenvalue weighted by atomic mass is 32.2. The van der Waals surface area contributed by atoms with E-state index in [2.05, 4.69) is 19.9 Å². The van der Waals surface area contributed by atoms with Gasteiger partial charge in [0.25, 0.3) is 11.5 Å². The molecule has 1 fully saturated rings. The lowest BCUT2D eigenvalue weighted by Gasteiger charge is -2.26. The van der Waals surface area contributed by atoms with Crippen molar-refractivity contribution in [3.05, 3.63) is 69.4 Å². The average Bonchev–Trinajstić information content (AvgIpc) is 2.90. The summed E-state index contributed by atoms with van der Waals surface area (Å²) in [6.07, 6.45) is 3.55. The van der Waals surface area contributed by atoms with Crippen molar-refractivity contribution in [2.45, 2.75) is 19.4 Å². The van der Waals surface area contributed by atoms with Gasteiger partial charge in [-0.2, -0.15) is 0 Å². The molecule has 2 aromatic heterocycles. The predicted molar refractivity (Wildman–Crippen MR) is 144 cm³/mol. The molecule has 3 aromatic rings. The molecular weight excluding hydrogens is 529 g/mol. The number of pyridine rings is 2. The van der Waals surface area contributed by atoms with Gasteiger partial charge in [-0.1, -0.05) is 12.1 Å². The largest absolute Gasteiger partial charge is 0.505 e. The summed E-state index contributed by atoms with van der Waals surface area (Å²) in [5, 5.41) is 13.6. The van der Waals surface area contributed by atoms with Crippen LogP contribution in [0.1, 0.15) is 27.9 Å². The molecule has 0 aliphatic carbocycles. The molecule has 1 amide bonds. The molecule has 13 heteroatoms. The van der Waals surface area contributed by atoms with E-state index in [1.807, 2.05) is 0 Å². The minimum atomic E-state index is -3.52. The van der Waals surface area contributed by atoms with Crippen LogP contribution in [0.25, 0.3) is 11.0 Å². The number of morpholine rings is 1. The fourth-order valence-electron chi connectivity index (χ4n) is 4.47. The number of nitrogens with one attached hydrogen (secondary N) is 2. The molecule has 0 atom stereocenters. The third-order valence-electron chi connectivity index (χ3n) is 6.42. The fourth-order valence-corrected chi connectivity index (χ4v) is 4.93. The molecule has 0 saturated carbocycles. The Morgan fingerprint density at radius 2 is 1.85 bits per heavy atom. The Morgan fingerprint density at radius 1 is 1.13 bits per heavy atom. The number of benzene rings is 1. The molecule has 4 rings (SSSR count). The summed E-state index contributed by atoms with van der Waals surface area (Å²) < 4.78 is 45.4. The van der Waals surface area contributed by atoms with Gasteiger partial charge < -0.3 is 19.7 Å². The van der Waals surface area contributed by atoms with Crippen LogP contribution in [-0.2, 0) is 27.7 Å². The van der Waals surface area contributed by atoms with Crippen LogP contribution in [0, 0.1) is 5.82 Å². The van der Waals surface area contributed by atoms with Gasteiger partial charge in [-0.3, -0.25) is 19.5 Å². The molecule has 210 valence electrons. The molecule has 39 heavy (non-hydrogen) atoms. The highest BCUT2D eigenvalue weighted by molar-refractivity contribution is 7.88. The van der Waals surface area contributed by atoms with Gasteiger partial charge in [0, 0.05) is 38.9 Å². The zero-order valence-corrected chi connectivity index (χ0v) is 22.5. The third-order valence-corrected chi connectivity index (χ3v) is 7.15. The maximum atomic E-state index is 13.5. The number of sulfonamides is 1. The first kappa shape index (κ1) is 28.6. The zero-order valence-electron chi connectivity index (χ0n) is 21.7. The molecule has 1 saturated heterocycles. The molecule has 0 bridgehead atoms. The quantitative estimate of drug-likeness (QED) is 0.292. The van der Waals surface area contributed by atoms with E-state index in [1.54, 1.807) is 18.2 Å². The van der Waals surface area contributed by atoms with Crippen LogP contribution in [0.4, 0.5) is 4.39 Å². The lowest BCUT2D eigenvalue weighted by Crippen LogP contribution is -2.39. The number of carbonyl (C=O) groups excluding carboxylic acids is 1. The van der Waals surface area contributed by atoms with Crippen molar-refractivity contribution < 1.29 is 27.4 Å². The van der Waals surface area contributed by atoms with Crippen molar-refractivity contribution in [2.24, 2.45) is 0 Å². The molecule has 3 N–H and O–H groups in total. The van der Waals surface area contributed by atoms with Gasteiger partial charge in [-0.15, -0.1) is 0 Å². The molecule has 0 spiro atoms. The van der Waals surface area contributed by atoms with Crippen molar-refractivity contribution in [3.8, 4) is 5.75 Å². The van der Waals surface area contributed by atoms with Crippen molar-refractivity contribution in [1.82, 2.24) is 24.5 Å². The van der Waals surface area contributed by atoms with Crippen LogP contribution in [0.5, 0.6) is 5.75 Å². The maximum absolute atomic E-state index is 13.5. The maximum Gasteiger partial charge on any atom is 0.267 e. The number of rotatable bonds is 11. The minimum absolute atomic E-state index is 0.0373. The van der Waals surface area contributed by atoms with Gasteiger partial charge in [0.15, 0.2) is 5.75 Å². The Kier molecular flexibility index (Phi) is 9.28. The first-order valence-electron chi connectivity index (χ1n) is 12.6. The molecule has 0 unspecified atom stereocenters. The van der Waals surface area contributed by atoms with Gasteiger partial charge in [-0.25, -0.2) is 17.5 Å². The number of nitrogens with zero attached hydrogens (tertiary/aromatic N) is 3. The van der Waals surface area contributed by atoms with E-state index in [9.17, 15) is 27.5 Å². The molecule has 0 radical (unpaired) electrons. The first-order chi connectivity index (χ1) is 18.6. The van der Waals surface area contributed by atoms with Crippen molar-refractivity contribution in [2.75, 3.05) is 52.2 Å². The van der Waals surface area contributed by atoms with Gasteiger partial charge >= 0.3 is 0 Å². The van der Waals surface area contributed by atoms with Crippen molar-refractivity contribution in [1.29, 1.82) is 0 Å². The van der Waals surface area contributed by atoms with Crippen LogP contribution in [0.15, 0.2) is 41.3 Å². The second-order valence-corrected chi connectivity index (χ2v) is 11.3. The Labute approximate surface area is 225 Å². The highest BCUT2D eigenvalue weighted by Crippen LogP contribution is 2.26. The van der Waals surface area contributed by atoms with Gasteiger partial charge in [0.1, 0.15) is 16.9 Å². The van der Waals surface area contributed by atoms with Crippen molar-refractivity contribution in [3.63, 3.8) is 0 Å². The Morgan fingerprint density at radius 3 is 2.54 bits per heavy atom. The third kappa shape index (κ3) is 7.60. The summed E-state index contributed by atoms with van der Waals surface area (Å²) in [6, 6.07) is 7.60. The number of aromatic nitrogens is 2. The summed E-state index contributed by atoms with van der Waals surface area (Å²) in [4.78, 5) is 33.0. The van der Waals surface area contributed by atoms with Gasteiger partial charge in [-0.05, 0) is 48.7 Å². The molecule has 11 nitrogen and oxygen atoms in total. The minimum Gasteiger partial charge on any atom is -0.505 e. The molecule has 3 heterocycles. The number of hydrogen-bond donors (Lipinski definition) is 3. The molecule has 1 aliphatic heterocycles. The number of fused-ring (bicyclic) bond motifs is 1. The van der Waals surface area contributed by atoms with Crippen molar-refractivity contribution >= 4 is 27.0 Å². The standard InChI is InChI=1S/C26H32FN5O6S/c1-39(36,37)30-8-10-32-21-16-19(15-18-3-5-20(27)6-4-18)17-29-23(21)24(33)22(26(32)35)25(34)28-7-2-9-31-11-13-38-14-12-31/h3-6,16-17,30,33H,2,7-15H2,1H3,(H,28,34). The molecular formula is C26H32FN5O6S. The number of ether oxygens (including phenoxy) is 1. The van der Waals surface area contributed by atoms with Crippen LogP contribution >= 0.6 is 0 Å². The van der Waals surface area contributed by atoms with Crippen LogP contribution in [0.2, 0.25) is 0 Å².